The molecule has 2 saturated heterocycles. The molecule has 0 radical (unpaired) electrons. The molecular formula is C18H31ClN6O2. The number of morpholine rings is 1. The Morgan fingerprint density at radius 2 is 1.67 bits per heavy atom. The minimum absolute atomic E-state index is 0. The maximum absolute atomic E-state index is 12.7. The fourth-order valence-corrected chi connectivity index (χ4v) is 3.60. The Hall–Kier alpha value is -1.64. The zero-order chi connectivity index (χ0) is 18.6. The molecule has 0 spiro atoms. The van der Waals surface area contributed by atoms with E-state index < -0.39 is 5.54 Å². The predicted octanol–water partition coefficient (Wildman–Crippen LogP) is 0.901. The number of rotatable bonds is 5. The number of hydrogen-bond acceptors (Lipinski definition) is 7. The van der Waals surface area contributed by atoms with Crippen LogP contribution in [0.25, 0.3) is 0 Å². The smallest absolute Gasteiger partial charge is 0.242 e. The van der Waals surface area contributed by atoms with Crippen LogP contribution in [0.5, 0.6) is 0 Å². The topological polar surface area (TPSA) is 87.8 Å². The van der Waals surface area contributed by atoms with E-state index in [1.165, 1.54) is 0 Å². The summed E-state index contributed by atoms with van der Waals surface area (Å²) >= 11 is 0. The Bertz CT molecular complexity index is 616. The first-order valence-corrected chi connectivity index (χ1v) is 9.49. The van der Waals surface area contributed by atoms with Gasteiger partial charge in [0.2, 0.25) is 5.91 Å². The van der Waals surface area contributed by atoms with Gasteiger partial charge < -0.3 is 25.2 Å². The van der Waals surface area contributed by atoms with E-state index in [-0.39, 0.29) is 18.3 Å². The lowest BCUT2D eigenvalue weighted by Crippen LogP contribution is -2.58. The number of piperazine rings is 1. The molecule has 3 rings (SSSR count). The number of hydrogen-bond donors (Lipinski definition) is 1. The molecule has 9 heteroatoms. The molecule has 27 heavy (non-hydrogen) atoms. The van der Waals surface area contributed by atoms with Crippen LogP contribution >= 0.6 is 12.4 Å². The highest BCUT2D eigenvalue weighted by Gasteiger charge is 2.33. The molecule has 152 valence electrons. The maximum atomic E-state index is 12.7. The van der Waals surface area contributed by atoms with Gasteiger partial charge in [0, 0.05) is 45.3 Å². The van der Waals surface area contributed by atoms with Gasteiger partial charge in [-0.1, -0.05) is 13.3 Å². The summed E-state index contributed by atoms with van der Waals surface area (Å²) in [6.45, 7) is 9.92. The Morgan fingerprint density at radius 1 is 1.11 bits per heavy atom. The number of anilines is 2. The fourth-order valence-electron chi connectivity index (χ4n) is 3.60. The largest absolute Gasteiger partial charge is 0.378 e. The number of carbonyl (C=O) groups is 1. The van der Waals surface area contributed by atoms with Crippen molar-refractivity contribution >= 4 is 29.9 Å². The summed E-state index contributed by atoms with van der Waals surface area (Å²) in [7, 11) is 0. The van der Waals surface area contributed by atoms with E-state index in [2.05, 4.69) is 26.7 Å². The molecule has 1 amide bonds. The van der Waals surface area contributed by atoms with Crippen LogP contribution in [0.4, 0.5) is 11.6 Å². The third-order valence-corrected chi connectivity index (χ3v) is 5.12. The first-order valence-electron chi connectivity index (χ1n) is 9.49. The van der Waals surface area contributed by atoms with Gasteiger partial charge in [-0.15, -0.1) is 12.4 Å². The van der Waals surface area contributed by atoms with Gasteiger partial charge in [-0.05, 0) is 13.3 Å². The molecule has 2 aliphatic rings. The van der Waals surface area contributed by atoms with E-state index in [1.807, 2.05) is 17.9 Å². The highest BCUT2D eigenvalue weighted by Crippen LogP contribution is 2.21. The highest BCUT2D eigenvalue weighted by atomic mass is 35.5. The van der Waals surface area contributed by atoms with Crippen LogP contribution in [-0.2, 0) is 9.53 Å². The summed E-state index contributed by atoms with van der Waals surface area (Å²) in [6.07, 6.45) is 3.24. The lowest BCUT2D eigenvalue weighted by atomic mass is 9.95. The van der Waals surface area contributed by atoms with Gasteiger partial charge in [-0.2, -0.15) is 0 Å². The third-order valence-electron chi connectivity index (χ3n) is 5.12. The highest BCUT2D eigenvalue weighted by molar-refractivity contribution is 5.86. The second-order valence-electron chi connectivity index (χ2n) is 7.28. The second-order valence-corrected chi connectivity index (χ2v) is 7.28. The Balaban J connectivity index is 0.00000261. The molecule has 0 aromatic carbocycles. The second kappa shape index (κ2) is 9.52. The van der Waals surface area contributed by atoms with Gasteiger partial charge in [0.15, 0.2) is 0 Å². The summed E-state index contributed by atoms with van der Waals surface area (Å²) in [5, 5.41) is 0. The van der Waals surface area contributed by atoms with Crippen molar-refractivity contribution in [2.24, 2.45) is 5.73 Å². The molecule has 1 atom stereocenters. The standard InChI is InChI=1S/C18H30N6O2.ClH/c1-3-4-18(2,19)17(25)24-7-5-22(6-8-24)15-13-16(21-14-20-15)23-9-11-26-12-10-23;/h13-14H,3-12,19H2,1-2H3;1H. The van der Waals surface area contributed by atoms with Crippen molar-refractivity contribution in [3.05, 3.63) is 12.4 Å². The van der Waals surface area contributed by atoms with Crippen molar-refractivity contribution in [1.29, 1.82) is 0 Å². The molecule has 0 aliphatic carbocycles. The minimum atomic E-state index is -0.769. The number of amides is 1. The van der Waals surface area contributed by atoms with Crippen LogP contribution in [-0.4, -0.2) is 78.8 Å². The quantitative estimate of drug-likeness (QED) is 0.788. The maximum Gasteiger partial charge on any atom is 0.242 e. The van der Waals surface area contributed by atoms with Crippen LogP contribution < -0.4 is 15.5 Å². The first-order chi connectivity index (χ1) is 12.5. The van der Waals surface area contributed by atoms with Crippen LogP contribution in [0.15, 0.2) is 12.4 Å². The molecule has 3 heterocycles. The van der Waals surface area contributed by atoms with Crippen LogP contribution in [0.1, 0.15) is 26.7 Å². The molecule has 1 aromatic heterocycles. The van der Waals surface area contributed by atoms with Gasteiger partial charge >= 0.3 is 0 Å². The monoisotopic (exact) mass is 398 g/mol. The van der Waals surface area contributed by atoms with E-state index in [0.717, 1.165) is 57.4 Å². The SMILES string of the molecule is CCCC(C)(N)C(=O)N1CCN(c2cc(N3CCOCC3)ncn2)CC1.Cl. The van der Waals surface area contributed by atoms with Crippen LogP contribution in [0.2, 0.25) is 0 Å². The number of nitrogens with two attached hydrogens (primary N) is 1. The van der Waals surface area contributed by atoms with E-state index in [4.69, 9.17) is 10.5 Å². The van der Waals surface area contributed by atoms with E-state index in [1.54, 1.807) is 6.33 Å². The van der Waals surface area contributed by atoms with Crippen molar-refractivity contribution < 1.29 is 9.53 Å². The van der Waals surface area contributed by atoms with E-state index in [0.29, 0.717) is 19.5 Å². The molecule has 2 fully saturated rings. The van der Waals surface area contributed by atoms with Crippen LogP contribution in [0, 0.1) is 0 Å². The number of halogens is 1. The molecular weight excluding hydrogens is 368 g/mol. The van der Waals surface area contributed by atoms with Crippen molar-refractivity contribution in [1.82, 2.24) is 14.9 Å². The summed E-state index contributed by atoms with van der Waals surface area (Å²) in [5.41, 5.74) is 5.44. The van der Waals surface area contributed by atoms with Gasteiger partial charge in [-0.3, -0.25) is 4.79 Å². The normalized spacial score (nSPS) is 20.0. The lowest BCUT2D eigenvalue weighted by Gasteiger charge is -2.39. The molecule has 0 bridgehead atoms. The zero-order valence-electron chi connectivity index (χ0n) is 16.3. The molecule has 2 aliphatic heterocycles. The molecule has 8 nitrogen and oxygen atoms in total. The number of ether oxygens (including phenoxy) is 1. The van der Waals surface area contributed by atoms with Gasteiger partial charge in [-0.25, -0.2) is 9.97 Å². The average molecular weight is 399 g/mol. The van der Waals surface area contributed by atoms with Crippen molar-refractivity contribution in [2.75, 3.05) is 62.3 Å². The molecule has 1 aromatic rings. The van der Waals surface area contributed by atoms with E-state index in [9.17, 15) is 4.79 Å². The van der Waals surface area contributed by atoms with Crippen molar-refractivity contribution in [2.45, 2.75) is 32.2 Å². The summed E-state index contributed by atoms with van der Waals surface area (Å²) in [6, 6.07) is 2.03. The number of nitrogens with zero attached hydrogens (tertiary/aromatic N) is 5. The summed E-state index contributed by atoms with van der Waals surface area (Å²) in [4.78, 5) is 27.8. The zero-order valence-corrected chi connectivity index (χ0v) is 17.1. The molecule has 2 N–H and O–H groups in total. The van der Waals surface area contributed by atoms with Crippen molar-refractivity contribution in [3.63, 3.8) is 0 Å². The first kappa shape index (κ1) is 21.7. The Labute approximate surface area is 167 Å². The number of carbonyl (C=O) groups excluding carboxylic acids is 1. The lowest BCUT2D eigenvalue weighted by molar-refractivity contribution is -0.137. The number of aromatic nitrogens is 2. The fraction of sp³-hybridized carbons (Fsp3) is 0.722. The summed E-state index contributed by atoms with van der Waals surface area (Å²) < 4.78 is 5.40. The molecule has 1 unspecified atom stereocenters. The van der Waals surface area contributed by atoms with Gasteiger partial charge in [0.1, 0.15) is 18.0 Å². The third kappa shape index (κ3) is 5.21. The average Bonchev–Trinajstić information content (AvgIpc) is 2.68. The predicted molar refractivity (Wildman–Crippen MR) is 109 cm³/mol. The Morgan fingerprint density at radius 3 is 2.22 bits per heavy atom. The minimum Gasteiger partial charge on any atom is -0.378 e. The van der Waals surface area contributed by atoms with Crippen LogP contribution in [0.3, 0.4) is 0 Å². The summed E-state index contributed by atoms with van der Waals surface area (Å²) in [5.74, 6) is 1.91. The van der Waals surface area contributed by atoms with Gasteiger partial charge in [0.05, 0.1) is 18.8 Å². The van der Waals surface area contributed by atoms with E-state index >= 15 is 0 Å². The van der Waals surface area contributed by atoms with Gasteiger partial charge in [0.25, 0.3) is 0 Å². The Kier molecular flexibility index (Phi) is 7.64. The molecule has 0 saturated carbocycles. The van der Waals surface area contributed by atoms with Crippen molar-refractivity contribution in [3.8, 4) is 0 Å².